The van der Waals surface area contributed by atoms with Crippen molar-refractivity contribution in [3.63, 3.8) is 0 Å². The number of aromatic amines is 1. The van der Waals surface area contributed by atoms with Gasteiger partial charge in [0.15, 0.2) is 0 Å². The molecule has 0 amide bonds. The summed E-state index contributed by atoms with van der Waals surface area (Å²) >= 11 is 12.0. The minimum Gasteiger partial charge on any atom is -0.493 e. The molecule has 0 saturated carbocycles. The van der Waals surface area contributed by atoms with Crippen LogP contribution in [-0.4, -0.2) is 18.1 Å². The second kappa shape index (κ2) is 8.22. The highest BCUT2D eigenvalue weighted by molar-refractivity contribution is 6.35. The predicted octanol–water partition coefficient (Wildman–Crippen LogP) is 3.39. The Kier molecular flexibility index (Phi) is 6.31. The first-order valence-corrected chi connectivity index (χ1v) is 7.84. The first kappa shape index (κ1) is 16.9. The molecule has 0 aliphatic carbocycles. The zero-order valence-electron chi connectivity index (χ0n) is 12.1. The highest BCUT2D eigenvalue weighted by Gasteiger charge is 2.06. The standard InChI is InChI=1S/C16H18Cl2N2O2/c17-12-4-3-11(15(18)8-12)7-13-9-14(10-16(21)20-13)22-6-2-1-5-19/h3-4,8-10H,1-2,5-7,19H2,(H,20,21). The molecular formula is C16H18Cl2N2O2. The largest absolute Gasteiger partial charge is 0.493 e. The van der Waals surface area contributed by atoms with E-state index in [4.69, 9.17) is 33.7 Å². The Bertz CT molecular complexity index is 686. The maximum Gasteiger partial charge on any atom is 0.251 e. The first-order valence-electron chi connectivity index (χ1n) is 7.08. The Morgan fingerprint density at radius 2 is 1.95 bits per heavy atom. The summed E-state index contributed by atoms with van der Waals surface area (Å²) in [5.74, 6) is 0.556. The SMILES string of the molecule is NCCCCOc1cc(Cc2ccc(Cl)cc2Cl)[nH]c(=O)c1. The number of H-pyrrole nitrogens is 1. The third kappa shape index (κ3) is 5.05. The Morgan fingerprint density at radius 3 is 2.68 bits per heavy atom. The Morgan fingerprint density at radius 1 is 1.14 bits per heavy atom. The third-order valence-corrected chi connectivity index (χ3v) is 3.72. The molecule has 0 radical (unpaired) electrons. The number of ether oxygens (including phenoxy) is 1. The van der Waals surface area contributed by atoms with Gasteiger partial charge in [-0.3, -0.25) is 4.79 Å². The molecule has 4 nitrogen and oxygen atoms in total. The van der Waals surface area contributed by atoms with E-state index in [0.717, 1.165) is 24.1 Å². The van der Waals surface area contributed by atoms with Gasteiger partial charge in [-0.05, 0) is 37.1 Å². The summed E-state index contributed by atoms with van der Waals surface area (Å²) in [7, 11) is 0. The Balaban J connectivity index is 2.10. The van der Waals surface area contributed by atoms with Gasteiger partial charge in [0.1, 0.15) is 5.75 Å². The van der Waals surface area contributed by atoms with E-state index in [1.165, 1.54) is 6.07 Å². The molecule has 0 fully saturated rings. The van der Waals surface area contributed by atoms with E-state index in [0.29, 0.717) is 35.4 Å². The molecule has 0 saturated heterocycles. The van der Waals surface area contributed by atoms with Crippen molar-refractivity contribution in [3.05, 3.63) is 62.0 Å². The molecule has 0 unspecified atom stereocenters. The number of aromatic nitrogens is 1. The molecule has 0 spiro atoms. The van der Waals surface area contributed by atoms with Gasteiger partial charge in [-0.1, -0.05) is 29.3 Å². The van der Waals surface area contributed by atoms with Crippen LogP contribution in [0.1, 0.15) is 24.1 Å². The summed E-state index contributed by atoms with van der Waals surface area (Å²) in [6.45, 7) is 1.18. The van der Waals surface area contributed by atoms with E-state index >= 15 is 0 Å². The van der Waals surface area contributed by atoms with Gasteiger partial charge in [-0.2, -0.15) is 0 Å². The molecule has 3 N–H and O–H groups in total. The average molecular weight is 341 g/mol. The van der Waals surface area contributed by atoms with Crippen LogP contribution in [-0.2, 0) is 6.42 Å². The second-order valence-corrected chi connectivity index (χ2v) is 5.81. The lowest BCUT2D eigenvalue weighted by molar-refractivity contribution is 0.307. The van der Waals surface area contributed by atoms with Crippen molar-refractivity contribution in [1.29, 1.82) is 0 Å². The fourth-order valence-corrected chi connectivity index (χ4v) is 2.53. The van der Waals surface area contributed by atoms with Crippen molar-refractivity contribution >= 4 is 23.2 Å². The monoisotopic (exact) mass is 340 g/mol. The summed E-state index contributed by atoms with van der Waals surface area (Å²) in [6.07, 6.45) is 2.27. The van der Waals surface area contributed by atoms with Crippen LogP contribution in [0.5, 0.6) is 5.75 Å². The molecule has 22 heavy (non-hydrogen) atoms. The fraction of sp³-hybridized carbons (Fsp3) is 0.312. The third-order valence-electron chi connectivity index (χ3n) is 3.14. The quantitative estimate of drug-likeness (QED) is 0.759. The van der Waals surface area contributed by atoms with Gasteiger partial charge in [0.05, 0.1) is 6.61 Å². The van der Waals surface area contributed by atoms with Gasteiger partial charge >= 0.3 is 0 Å². The number of benzene rings is 1. The molecule has 0 aliphatic rings. The van der Waals surface area contributed by atoms with Crippen molar-refractivity contribution in [1.82, 2.24) is 4.98 Å². The van der Waals surface area contributed by atoms with Gasteiger partial charge in [-0.25, -0.2) is 0 Å². The van der Waals surface area contributed by atoms with Crippen LogP contribution in [0.15, 0.2) is 35.1 Å². The summed E-state index contributed by atoms with van der Waals surface area (Å²) < 4.78 is 5.59. The number of nitrogens with two attached hydrogens (primary N) is 1. The first-order chi connectivity index (χ1) is 10.6. The number of nitrogens with one attached hydrogen (secondary N) is 1. The van der Waals surface area contributed by atoms with Crippen LogP contribution in [0, 0.1) is 0 Å². The summed E-state index contributed by atoms with van der Waals surface area (Å²) in [4.78, 5) is 14.5. The Labute approximate surface area is 139 Å². The van der Waals surface area contributed by atoms with Crippen molar-refractivity contribution in [2.45, 2.75) is 19.3 Å². The number of pyridine rings is 1. The van der Waals surface area contributed by atoms with E-state index in [1.807, 2.05) is 12.1 Å². The molecule has 0 aliphatic heterocycles. The molecule has 2 rings (SSSR count). The summed E-state index contributed by atoms with van der Waals surface area (Å²) in [5.41, 5.74) is 6.87. The fourth-order valence-electron chi connectivity index (χ4n) is 2.06. The van der Waals surface area contributed by atoms with E-state index in [2.05, 4.69) is 4.98 Å². The highest BCUT2D eigenvalue weighted by Crippen LogP contribution is 2.23. The average Bonchev–Trinajstić information content (AvgIpc) is 2.46. The number of hydrogen-bond acceptors (Lipinski definition) is 3. The molecular weight excluding hydrogens is 323 g/mol. The maximum absolute atomic E-state index is 11.7. The topological polar surface area (TPSA) is 68.1 Å². The van der Waals surface area contributed by atoms with Gasteiger partial charge < -0.3 is 15.5 Å². The van der Waals surface area contributed by atoms with Crippen LogP contribution >= 0.6 is 23.2 Å². The number of halogens is 2. The smallest absolute Gasteiger partial charge is 0.251 e. The van der Waals surface area contributed by atoms with E-state index < -0.39 is 0 Å². The van der Waals surface area contributed by atoms with Crippen molar-refractivity contribution in [2.75, 3.05) is 13.2 Å². The molecule has 1 heterocycles. The zero-order valence-corrected chi connectivity index (χ0v) is 13.6. The maximum atomic E-state index is 11.7. The van der Waals surface area contributed by atoms with Crippen molar-refractivity contribution in [2.24, 2.45) is 5.73 Å². The highest BCUT2D eigenvalue weighted by atomic mass is 35.5. The predicted molar refractivity (Wildman–Crippen MR) is 90.1 cm³/mol. The van der Waals surface area contributed by atoms with Crippen LogP contribution in [0.2, 0.25) is 10.0 Å². The lowest BCUT2D eigenvalue weighted by Gasteiger charge is -2.09. The lowest BCUT2D eigenvalue weighted by Crippen LogP contribution is -2.10. The molecule has 2 aromatic rings. The molecule has 6 heteroatoms. The minimum atomic E-state index is -0.198. The second-order valence-electron chi connectivity index (χ2n) is 4.96. The van der Waals surface area contributed by atoms with E-state index in [1.54, 1.807) is 12.1 Å². The van der Waals surface area contributed by atoms with Crippen LogP contribution < -0.4 is 16.0 Å². The summed E-state index contributed by atoms with van der Waals surface area (Å²) in [5, 5.41) is 1.15. The number of unbranched alkanes of at least 4 members (excludes halogenated alkanes) is 1. The van der Waals surface area contributed by atoms with Crippen LogP contribution in [0.3, 0.4) is 0 Å². The lowest BCUT2D eigenvalue weighted by atomic mass is 10.1. The van der Waals surface area contributed by atoms with Gasteiger partial charge in [0, 0.05) is 34.3 Å². The molecule has 0 bridgehead atoms. The minimum absolute atomic E-state index is 0.198. The van der Waals surface area contributed by atoms with Crippen LogP contribution in [0.4, 0.5) is 0 Å². The van der Waals surface area contributed by atoms with Crippen molar-refractivity contribution in [3.8, 4) is 5.75 Å². The molecule has 0 atom stereocenters. The normalized spacial score (nSPS) is 10.7. The Hall–Kier alpha value is -1.49. The van der Waals surface area contributed by atoms with Crippen molar-refractivity contribution < 1.29 is 4.74 Å². The molecule has 1 aromatic carbocycles. The summed E-state index contributed by atoms with van der Waals surface area (Å²) in [6, 6.07) is 8.56. The number of hydrogen-bond donors (Lipinski definition) is 2. The zero-order chi connectivity index (χ0) is 15.9. The van der Waals surface area contributed by atoms with Gasteiger partial charge in [0.2, 0.25) is 0 Å². The van der Waals surface area contributed by atoms with Crippen LogP contribution in [0.25, 0.3) is 0 Å². The van der Waals surface area contributed by atoms with Gasteiger partial charge in [-0.15, -0.1) is 0 Å². The van der Waals surface area contributed by atoms with E-state index in [9.17, 15) is 4.79 Å². The van der Waals surface area contributed by atoms with Gasteiger partial charge in [0.25, 0.3) is 5.56 Å². The van der Waals surface area contributed by atoms with E-state index in [-0.39, 0.29) is 5.56 Å². The molecule has 1 aromatic heterocycles. The number of rotatable bonds is 7. The molecule has 118 valence electrons.